The number of hydrogen-bond acceptors (Lipinski definition) is 5. The van der Waals surface area contributed by atoms with E-state index in [9.17, 15) is 18.0 Å². The standard InChI is InChI=1S/C18H28N4O4S/c1-14(21(4)13-17(23)20(2)3)18(24)19-15-7-9-16(10-8-15)27(25,26)22-11-5-6-12-22/h7-10,14H,5-6,11-13H2,1-4H3,(H,19,24)/t14-/m0/s1. The second-order valence-corrected chi connectivity index (χ2v) is 8.94. The smallest absolute Gasteiger partial charge is 0.243 e. The predicted octanol–water partition coefficient (Wildman–Crippen LogP) is 0.818. The fraction of sp³-hybridized carbons (Fsp3) is 0.556. The highest BCUT2D eigenvalue weighted by atomic mass is 32.2. The fourth-order valence-electron chi connectivity index (χ4n) is 2.73. The van der Waals surface area contributed by atoms with E-state index in [0.29, 0.717) is 18.8 Å². The van der Waals surface area contributed by atoms with Crippen molar-refractivity contribution < 1.29 is 18.0 Å². The SMILES string of the molecule is C[C@@H](C(=O)Nc1ccc(S(=O)(=O)N2CCCC2)cc1)N(C)CC(=O)N(C)C. The average molecular weight is 397 g/mol. The number of rotatable bonds is 7. The van der Waals surface area contributed by atoms with Crippen LogP contribution in [0.3, 0.4) is 0 Å². The Hall–Kier alpha value is -1.97. The van der Waals surface area contributed by atoms with Gasteiger partial charge in [0, 0.05) is 32.9 Å². The third kappa shape index (κ3) is 5.27. The summed E-state index contributed by atoms with van der Waals surface area (Å²) in [6, 6.07) is 5.67. The lowest BCUT2D eigenvalue weighted by Crippen LogP contribution is -2.44. The molecule has 8 nitrogen and oxygen atoms in total. The van der Waals surface area contributed by atoms with Gasteiger partial charge in [-0.05, 0) is 51.1 Å². The van der Waals surface area contributed by atoms with Crippen LogP contribution in [-0.4, -0.2) is 81.2 Å². The average Bonchev–Trinajstić information content (AvgIpc) is 3.16. The molecule has 1 aromatic carbocycles. The Morgan fingerprint density at radius 1 is 1.11 bits per heavy atom. The lowest BCUT2D eigenvalue weighted by Gasteiger charge is -2.24. The first-order chi connectivity index (χ1) is 12.6. The van der Waals surface area contributed by atoms with Crippen LogP contribution in [0.2, 0.25) is 0 Å². The monoisotopic (exact) mass is 396 g/mol. The van der Waals surface area contributed by atoms with Crippen LogP contribution in [0.15, 0.2) is 29.2 Å². The van der Waals surface area contributed by atoms with E-state index >= 15 is 0 Å². The van der Waals surface area contributed by atoms with E-state index in [1.54, 1.807) is 45.1 Å². The Balaban J connectivity index is 1.99. The topological polar surface area (TPSA) is 90.0 Å². The molecular formula is C18H28N4O4S. The van der Waals surface area contributed by atoms with Crippen molar-refractivity contribution in [1.82, 2.24) is 14.1 Å². The van der Waals surface area contributed by atoms with Gasteiger partial charge in [-0.3, -0.25) is 14.5 Å². The number of carbonyl (C=O) groups is 2. The van der Waals surface area contributed by atoms with E-state index in [4.69, 9.17) is 0 Å². The van der Waals surface area contributed by atoms with E-state index < -0.39 is 16.1 Å². The number of benzene rings is 1. The van der Waals surface area contributed by atoms with E-state index in [2.05, 4.69) is 5.32 Å². The molecule has 1 saturated heterocycles. The number of nitrogens with one attached hydrogen (secondary N) is 1. The summed E-state index contributed by atoms with van der Waals surface area (Å²) in [4.78, 5) is 27.5. The number of nitrogens with zero attached hydrogens (tertiary/aromatic N) is 3. The minimum absolute atomic E-state index is 0.0892. The van der Waals surface area contributed by atoms with Crippen molar-refractivity contribution in [3.63, 3.8) is 0 Å². The van der Waals surface area contributed by atoms with E-state index in [1.807, 2.05) is 0 Å². The molecule has 0 aromatic heterocycles. The van der Waals surface area contributed by atoms with Crippen LogP contribution >= 0.6 is 0 Å². The van der Waals surface area contributed by atoms with Gasteiger partial charge in [0.25, 0.3) is 0 Å². The maximum atomic E-state index is 12.5. The molecule has 0 bridgehead atoms. The van der Waals surface area contributed by atoms with Crippen molar-refractivity contribution in [2.24, 2.45) is 0 Å². The van der Waals surface area contributed by atoms with Gasteiger partial charge in [0.1, 0.15) is 0 Å². The molecule has 1 aliphatic rings. The van der Waals surface area contributed by atoms with Crippen molar-refractivity contribution >= 4 is 27.5 Å². The molecule has 150 valence electrons. The number of hydrogen-bond donors (Lipinski definition) is 1. The number of sulfonamides is 1. The maximum Gasteiger partial charge on any atom is 0.243 e. The van der Waals surface area contributed by atoms with Gasteiger partial charge in [0.2, 0.25) is 21.8 Å². The largest absolute Gasteiger partial charge is 0.348 e. The zero-order chi connectivity index (χ0) is 20.2. The van der Waals surface area contributed by atoms with Gasteiger partial charge in [-0.15, -0.1) is 0 Å². The van der Waals surface area contributed by atoms with Crippen LogP contribution in [0.4, 0.5) is 5.69 Å². The summed E-state index contributed by atoms with van der Waals surface area (Å²) in [6.07, 6.45) is 1.77. The number of carbonyl (C=O) groups excluding carboxylic acids is 2. The Labute approximate surface area is 161 Å². The molecule has 2 rings (SSSR count). The molecule has 1 N–H and O–H groups in total. The highest BCUT2D eigenvalue weighted by molar-refractivity contribution is 7.89. The first kappa shape index (κ1) is 21.3. The van der Waals surface area contributed by atoms with Crippen LogP contribution in [-0.2, 0) is 19.6 Å². The normalized spacial score (nSPS) is 16.3. The quantitative estimate of drug-likeness (QED) is 0.737. The second kappa shape index (κ2) is 8.81. The minimum Gasteiger partial charge on any atom is -0.348 e. The summed E-state index contributed by atoms with van der Waals surface area (Å²) in [5.74, 6) is -0.354. The maximum absolute atomic E-state index is 12.5. The molecule has 0 radical (unpaired) electrons. The zero-order valence-corrected chi connectivity index (χ0v) is 17.1. The van der Waals surface area contributed by atoms with Crippen molar-refractivity contribution in [3.8, 4) is 0 Å². The van der Waals surface area contributed by atoms with Gasteiger partial charge in [-0.25, -0.2) is 8.42 Å². The van der Waals surface area contributed by atoms with Gasteiger partial charge in [0.15, 0.2) is 0 Å². The van der Waals surface area contributed by atoms with Crippen molar-refractivity contribution in [2.75, 3.05) is 46.1 Å². The number of amides is 2. The minimum atomic E-state index is -3.47. The predicted molar refractivity (Wildman–Crippen MR) is 104 cm³/mol. The van der Waals surface area contributed by atoms with Crippen molar-refractivity contribution in [1.29, 1.82) is 0 Å². The molecular weight excluding hydrogens is 368 g/mol. The third-order valence-corrected chi connectivity index (χ3v) is 6.66. The van der Waals surface area contributed by atoms with Gasteiger partial charge < -0.3 is 10.2 Å². The van der Waals surface area contributed by atoms with Gasteiger partial charge >= 0.3 is 0 Å². The van der Waals surface area contributed by atoms with Crippen LogP contribution in [0.1, 0.15) is 19.8 Å². The Kier molecular flexibility index (Phi) is 6.96. The summed E-state index contributed by atoms with van der Waals surface area (Å²) in [5, 5.41) is 2.76. The first-order valence-electron chi connectivity index (χ1n) is 8.94. The van der Waals surface area contributed by atoms with Crippen molar-refractivity contribution in [3.05, 3.63) is 24.3 Å². The van der Waals surface area contributed by atoms with E-state index in [0.717, 1.165) is 12.8 Å². The van der Waals surface area contributed by atoms with Crippen molar-refractivity contribution in [2.45, 2.75) is 30.7 Å². The highest BCUT2D eigenvalue weighted by Crippen LogP contribution is 2.22. The fourth-order valence-corrected chi connectivity index (χ4v) is 4.24. The number of likely N-dealkylation sites (N-methyl/N-ethyl adjacent to an activating group) is 2. The number of anilines is 1. The van der Waals surface area contributed by atoms with E-state index in [-0.39, 0.29) is 23.3 Å². The first-order valence-corrected chi connectivity index (χ1v) is 10.4. The molecule has 1 heterocycles. The molecule has 1 atom stereocenters. The third-order valence-electron chi connectivity index (χ3n) is 4.75. The summed E-state index contributed by atoms with van der Waals surface area (Å²) < 4.78 is 26.5. The highest BCUT2D eigenvalue weighted by Gasteiger charge is 2.27. The molecule has 1 aliphatic heterocycles. The van der Waals surface area contributed by atoms with Gasteiger partial charge in [0.05, 0.1) is 17.5 Å². The Bertz CT molecular complexity index is 771. The second-order valence-electron chi connectivity index (χ2n) is 7.00. The molecule has 9 heteroatoms. The summed E-state index contributed by atoms with van der Waals surface area (Å²) in [6.45, 7) is 2.95. The molecule has 0 saturated carbocycles. The lowest BCUT2D eigenvalue weighted by atomic mass is 10.2. The summed E-state index contributed by atoms with van der Waals surface area (Å²) in [7, 11) is 1.57. The molecule has 0 spiro atoms. The van der Waals surface area contributed by atoms with Crippen LogP contribution < -0.4 is 5.32 Å². The molecule has 1 fully saturated rings. The summed E-state index contributed by atoms with van der Waals surface area (Å²) >= 11 is 0. The molecule has 2 amide bonds. The summed E-state index contributed by atoms with van der Waals surface area (Å²) in [5.41, 5.74) is 0.513. The molecule has 27 heavy (non-hydrogen) atoms. The van der Waals surface area contributed by atoms with Crippen LogP contribution in [0, 0.1) is 0 Å². The molecule has 0 aliphatic carbocycles. The van der Waals surface area contributed by atoms with E-state index in [1.165, 1.54) is 21.3 Å². The van der Waals surface area contributed by atoms with Crippen LogP contribution in [0.25, 0.3) is 0 Å². The van der Waals surface area contributed by atoms with Gasteiger partial charge in [-0.1, -0.05) is 0 Å². The molecule has 1 aromatic rings. The lowest BCUT2D eigenvalue weighted by molar-refractivity contribution is -0.131. The Morgan fingerprint density at radius 2 is 1.67 bits per heavy atom. The molecule has 0 unspecified atom stereocenters. The van der Waals surface area contributed by atoms with Gasteiger partial charge in [-0.2, -0.15) is 4.31 Å². The Morgan fingerprint density at radius 3 is 2.19 bits per heavy atom. The zero-order valence-electron chi connectivity index (χ0n) is 16.3. The van der Waals surface area contributed by atoms with Crippen LogP contribution in [0.5, 0.6) is 0 Å².